The molecule has 2 rings (SSSR count). The predicted molar refractivity (Wildman–Crippen MR) is 82.2 cm³/mol. The fourth-order valence-electron chi connectivity index (χ4n) is 2.25. The molecular weight excluding hydrogens is 290 g/mol. The number of nitrogens with two attached hydrogens (primary N) is 1. The van der Waals surface area contributed by atoms with Crippen molar-refractivity contribution in [1.82, 2.24) is 4.98 Å². The van der Waals surface area contributed by atoms with Gasteiger partial charge in [0.05, 0.1) is 6.61 Å². The third kappa shape index (κ3) is 4.42. The maximum absolute atomic E-state index is 12.0. The molecule has 1 fully saturated rings. The second kappa shape index (κ2) is 7.40. The summed E-state index contributed by atoms with van der Waals surface area (Å²) >= 11 is 1.25. The van der Waals surface area contributed by atoms with Crippen molar-refractivity contribution in [2.24, 2.45) is 11.1 Å². The topological polar surface area (TPSA) is 86.8 Å². The summed E-state index contributed by atoms with van der Waals surface area (Å²) in [5.41, 5.74) is 6.09. The SMILES string of the molecule is CCOC(=O)/C(=N/OC1CCC(C)CC1)c1csc(N)n1. The lowest BCUT2D eigenvalue weighted by molar-refractivity contribution is -0.135. The Morgan fingerprint density at radius 2 is 2.19 bits per heavy atom. The van der Waals surface area contributed by atoms with Crippen LogP contribution < -0.4 is 5.73 Å². The quantitative estimate of drug-likeness (QED) is 0.513. The highest BCUT2D eigenvalue weighted by molar-refractivity contribution is 7.13. The van der Waals surface area contributed by atoms with Crippen molar-refractivity contribution >= 4 is 28.1 Å². The Labute approximate surface area is 128 Å². The minimum absolute atomic E-state index is 0.0570. The zero-order chi connectivity index (χ0) is 15.2. The van der Waals surface area contributed by atoms with Gasteiger partial charge in [-0.15, -0.1) is 11.3 Å². The van der Waals surface area contributed by atoms with E-state index in [1.165, 1.54) is 11.3 Å². The van der Waals surface area contributed by atoms with Gasteiger partial charge in [-0.1, -0.05) is 12.1 Å². The fourth-order valence-corrected chi connectivity index (χ4v) is 2.79. The second-order valence-electron chi connectivity index (χ2n) is 5.22. The lowest BCUT2D eigenvalue weighted by Gasteiger charge is -2.24. The predicted octanol–water partition coefficient (Wildman–Crippen LogP) is 2.59. The Bertz CT molecular complexity index is 507. The molecule has 0 unspecified atom stereocenters. The Balaban J connectivity index is 2.07. The van der Waals surface area contributed by atoms with Crippen molar-refractivity contribution in [3.8, 4) is 0 Å². The largest absolute Gasteiger partial charge is 0.461 e. The summed E-state index contributed by atoms with van der Waals surface area (Å²) in [6.07, 6.45) is 4.22. The van der Waals surface area contributed by atoms with Crippen LogP contribution in [0.2, 0.25) is 0 Å². The summed E-state index contributed by atoms with van der Waals surface area (Å²) in [5.74, 6) is 0.198. The molecular formula is C14H21N3O3S. The Kier molecular flexibility index (Phi) is 5.55. The van der Waals surface area contributed by atoms with Crippen LogP contribution in [0.25, 0.3) is 0 Å². The standard InChI is InChI=1S/C14H21N3O3S/c1-3-19-13(18)12(11-8-21-14(15)16-11)17-20-10-6-4-9(2)5-7-10/h8-10H,3-7H2,1-2H3,(H2,15,16)/b17-12+. The van der Waals surface area contributed by atoms with Gasteiger partial charge in [-0.25, -0.2) is 9.78 Å². The van der Waals surface area contributed by atoms with Gasteiger partial charge in [0.15, 0.2) is 5.13 Å². The normalized spacial score (nSPS) is 22.9. The summed E-state index contributed by atoms with van der Waals surface area (Å²) in [5, 5.41) is 6.07. The molecule has 1 aromatic rings. The number of esters is 1. The van der Waals surface area contributed by atoms with Crippen LogP contribution in [0.4, 0.5) is 5.13 Å². The second-order valence-corrected chi connectivity index (χ2v) is 6.11. The smallest absolute Gasteiger partial charge is 0.362 e. The number of hydrogen-bond donors (Lipinski definition) is 1. The van der Waals surface area contributed by atoms with Crippen LogP contribution in [0, 0.1) is 5.92 Å². The molecule has 0 amide bonds. The number of rotatable bonds is 5. The van der Waals surface area contributed by atoms with Crippen molar-refractivity contribution in [2.75, 3.05) is 12.3 Å². The van der Waals surface area contributed by atoms with Gasteiger partial charge in [0.1, 0.15) is 11.8 Å². The Morgan fingerprint density at radius 1 is 1.48 bits per heavy atom. The summed E-state index contributed by atoms with van der Waals surface area (Å²) in [4.78, 5) is 21.6. The summed E-state index contributed by atoms with van der Waals surface area (Å²) in [7, 11) is 0. The number of thiazole rings is 1. The van der Waals surface area contributed by atoms with Crippen LogP contribution in [-0.2, 0) is 14.4 Å². The van der Waals surface area contributed by atoms with Gasteiger partial charge in [-0.3, -0.25) is 0 Å². The van der Waals surface area contributed by atoms with Gasteiger partial charge in [-0.05, 0) is 38.5 Å². The average molecular weight is 311 g/mol. The van der Waals surface area contributed by atoms with E-state index in [1.54, 1.807) is 12.3 Å². The molecule has 7 heteroatoms. The van der Waals surface area contributed by atoms with Crippen molar-refractivity contribution in [3.63, 3.8) is 0 Å². The summed E-state index contributed by atoms with van der Waals surface area (Å²) < 4.78 is 5.00. The Morgan fingerprint density at radius 3 is 2.76 bits per heavy atom. The highest BCUT2D eigenvalue weighted by Gasteiger charge is 2.23. The van der Waals surface area contributed by atoms with Crippen molar-refractivity contribution in [1.29, 1.82) is 0 Å². The lowest BCUT2D eigenvalue weighted by Crippen LogP contribution is -2.23. The number of carbonyl (C=O) groups excluding carboxylic acids is 1. The molecule has 0 aromatic carbocycles. The van der Waals surface area contributed by atoms with E-state index in [0.717, 1.165) is 31.6 Å². The van der Waals surface area contributed by atoms with E-state index in [9.17, 15) is 4.79 Å². The lowest BCUT2D eigenvalue weighted by atomic mass is 9.89. The van der Waals surface area contributed by atoms with Crippen LogP contribution >= 0.6 is 11.3 Å². The molecule has 1 heterocycles. The van der Waals surface area contributed by atoms with Gasteiger partial charge < -0.3 is 15.3 Å². The van der Waals surface area contributed by atoms with E-state index in [4.69, 9.17) is 15.3 Å². The molecule has 0 aliphatic heterocycles. The molecule has 116 valence electrons. The zero-order valence-corrected chi connectivity index (χ0v) is 13.2. The third-order valence-electron chi connectivity index (χ3n) is 3.49. The number of nitrogen functional groups attached to an aromatic ring is 1. The highest BCUT2D eigenvalue weighted by atomic mass is 32.1. The van der Waals surface area contributed by atoms with Gasteiger partial charge in [0, 0.05) is 5.38 Å². The molecule has 0 spiro atoms. The molecule has 1 saturated carbocycles. The van der Waals surface area contributed by atoms with E-state index in [0.29, 0.717) is 10.8 Å². The maximum atomic E-state index is 12.0. The summed E-state index contributed by atoms with van der Waals surface area (Å²) in [6, 6.07) is 0. The third-order valence-corrected chi connectivity index (χ3v) is 4.16. The summed E-state index contributed by atoms with van der Waals surface area (Å²) in [6.45, 7) is 4.26. The molecule has 0 saturated heterocycles. The van der Waals surface area contributed by atoms with Crippen molar-refractivity contribution in [2.45, 2.75) is 45.6 Å². The van der Waals surface area contributed by atoms with E-state index >= 15 is 0 Å². The molecule has 0 bridgehead atoms. The first-order chi connectivity index (χ1) is 10.1. The van der Waals surface area contributed by atoms with Gasteiger partial charge in [-0.2, -0.15) is 0 Å². The number of aromatic nitrogens is 1. The van der Waals surface area contributed by atoms with Crippen LogP contribution in [0.5, 0.6) is 0 Å². The number of nitrogens with zero attached hydrogens (tertiary/aromatic N) is 2. The first-order valence-electron chi connectivity index (χ1n) is 7.22. The minimum atomic E-state index is -0.535. The average Bonchev–Trinajstić information content (AvgIpc) is 2.88. The maximum Gasteiger partial charge on any atom is 0.362 e. The molecule has 0 atom stereocenters. The molecule has 1 aliphatic carbocycles. The molecule has 0 radical (unpaired) electrons. The molecule has 6 nitrogen and oxygen atoms in total. The van der Waals surface area contributed by atoms with Gasteiger partial charge >= 0.3 is 5.97 Å². The van der Waals surface area contributed by atoms with E-state index in [1.807, 2.05) is 0 Å². The van der Waals surface area contributed by atoms with Crippen LogP contribution in [0.15, 0.2) is 10.5 Å². The van der Waals surface area contributed by atoms with E-state index in [-0.39, 0.29) is 18.4 Å². The van der Waals surface area contributed by atoms with Crippen LogP contribution in [-0.4, -0.2) is 29.4 Å². The number of carbonyl (C=O) groups is 1. The number of anilines is 1. The monoisotopic (exact) mass is 311 g/mol. The zero-order valence-electron chi connectivity index (χ0n) is 12.4. The highest BCUT2D eigenvalue weighted by Crippen LogP contribution is 2.26. The first kappa shape index (κ1) is 15.8. The van der Waals surface area contributed by atoms with Crippen molar-refractivity contribution < 1.29 is 14.4 Å². The van der Waals surface area contributed by atoms with Gasteiger partial charge in [0.25, 0.3) is 0 Å². The van der Waals surface area contributed by atoms with Crippen molar-refractivity contribution in [3.05, 3.63) is 11.1 Å². The number of ether oxygens (including phenoxy) is 1. The fraction of sp³-hybridized carbons (Fsp3) is 0.643. The van der Waals surface area contributed by atoms with Crippen LogP contribution in [0.3, 0.4) is 0 Å². The molecule has 1 aliphatic rings. The Hall–Kier alpha value is -1.63. The van der Waals surface area contributed by atoms with E-state index < -0.39 is 5.97 Å². The number of oxime groups is 1. The molecule has 2 N–H and O–H groups in total. The molecule has 21 heavy (non-hydrogen) atoms. The van der Waals surface area contributed by atoms with Crippen LogP contribution in [0.1, 0.15) is 45.2 Å². The van der Waals surface area contributed by atoms with Gasteiger partial charge in [0.2, 0.25) is 5.71 Å². The number of hydrogen-bond acceptors (Lipinski definition) is 7. The first-order valence-corrected chi connectivity index (χ1v) is 8.10. The minimum Gasteiger partial charge on any atom is -0.461 e. The van der Waals surface area contributed by atoms with E-state index in [2.05, 4.69) is 17.1 Å². The molecule has 1 aromatic heterocycles.